The van der Waals surface area contributed by atoms with Crippen LogP contribution in [0.25, 0.3) is 0 Å². The monoisotopic (exact) mass is 385 g/mol. The number of aryl methyl sites for hydroxylation is 1. The number of halogens is 2. The van der Waals surface area contributed by atoms with Crippen molar-refractivity contribution in [2.75, 3.05) is 16.0 Å². The Balaban J connectivity index is 1.81. The summed E-state index contributed by atoms with van der Waals surface area (Å²) in [5, 5.41) is 8.93. The van der Waals surface area contributed by atoms with E-state index in [9.17, 15) is 9.18 Å². The Kier molecular flexibility index (Phi) is 5.52. The van der Waals surface area contributed by atoms with Gasteiger partial charge in [-0.05, 0) is 43.3 Å². The summed E-state index contributed by atoms with van der Waals surface area (Å²) in [6.07, 6.45) is 0. The lowest BCUT2D eigenvalue weighted by Gasteiger charge is -2.11. The zero-order valence-corrected chi connectivity index (χ0v) is 15.4. The third kappa shape index (κ3) is 5.15. The molecule has 27 heavy (non-hydrogen) atoms. The van der Waals surface area contributed by atoms with Gasteiger partial charge in [-0.3, -0.25) is 4.79 Å². The Morgan fingerprint density at radius 2 is 1.74 bits per heavy atom. The van der Waals surface area contributed by atoms with Crippen molar-refractivity contribution in [1.82, 2.24) is 9.97 Å². The quantitative estimate of drug-likeness (QED) is 0.574. The standard InChI is InChI=1S/C19H17ClFN5O/c1-11-8-18(24-15-6-7-17(21)16(20)10-15)26-19(22-11)25-14-5-3-4-13(9-14)23-12(2)27/h3-10H,1-2H3,(H,23,27)(H2,22,24,25,26). The molecule has 0 saturated carbocycles. The highest BCUT2D eigenvalue weighted by Crippen LogP contribution is 2.24. The van der Waals surface area contributed by atoms with Gasteiger partial charge in [0.25, 0.3) is 0 Å². The summed E-state index contributed by atoms with van der Waals surface area (Å²) < 4.78 is 13.3. The minimum Gasteiger partial charge on any atom is -0.340 e. The molecule has 0 bridgehead atoms. The average Bonchev–Trinajstić information content (AvgIpc) is 2.57. The van der Waals surface area contributed by atoms with E-state index in [0.29, 0.717) is 23.1 Å². The minimum atomic E-state index is -0.484. The first-order valence-electron chi connectivity index (χ1n) is 8.11. The summed E-state index contributed by atoms with van der Waals surface area (Å²) in [6.45, 7) is 3.28. The van der Waals surface area contributed by atoms with Crippen LogP contribution in [0.3, 0.4) is 0 Å². The van der Waals surface area contributed by atoms with Gasteiger partial charge in [-0.2, -0.15) is 4.98 Å². The molecule has 0 aliphatic carbocycles. The van der Waals surface area contributed by atoms with Crippen molar-refractivity contribution in [3.63, 3.8) is 0 Å². The van der Waals surface area contributed by atoms with Gasteiger partial charge >= 0.3 is 0 Å². The molecule has 0 aliphatic rings. The maximum absolute atomic E-state index is 13.3. The SMILES string of the molecule is CC(=O)Nc1cccc(Nc2nc(C)cc(Nc3ccc(F)c(Cl)c3)n2)c1. The first-order chi connectivity index (χ1) is 12.9. The number of hydrogen-bond acceptors (Lipinski definition) is 5. The highest BCUT2D eigenvalue weighted by Gasteiger charge is 2.06. The average molecular weight is 386 g/mol. The van der Waals surface area contributed by atoms with Gasteiger partial charge in [0.05, 0.1) is 5.02 Å². The molecule has 0 radical (unpaired) electrons. The molecule has 3 N–H and O–H groups in total. The van der Waals surface area contributed by atoms with Gasteiger partial charge < -0.3 is 16.0 Å². The Bertz CT molecular complexity index is 996. The van der Waals surface area contributed by atoms with Crippen LogP contribution in [0.4, 0.5) is 33.2 Å². The first kappa shape index (κ1) is 18.6. The van der Waals surface area contributed by atoms with Crippen LogP contribution in [-0.4, -0.2) is 15.9 Å². The largest absolute Gasteiger partial charge is 0.340 e. The smallest absolute Gasteiger partial charge is 0.229 e. The van der Waals surface area contributed by atoms with E-state index < -0.39 is 5.82 Å². The van der Waals surface area contributed by atoms with Crippen LogP contribution in [0.5, 0.6) is 0 Å². The van der Waals surface area contributed by atoms with Gasteiger partial charge in [-0.25, -0.2) is 9.37 Å². The minimum absolute atomic E-state index is 0.0268. The molecule has 0 spiro atoms. The molecule has 1 heterocycles. The van der Waals surface area contributed by atoms with E-state index in [1.165, 1.54) is 19.1 Å². The summed E-state index contributed by atoms with van der Waals surface area (Å²) in [5.41, 5.74) is 2.74. The zero-order valence-electron chi connectivity index (χ0n) is 14.7. The number of rotatable bonds is 5. The van der Waals surface area contributed by atoms with E-state index >= 15 is 0 Å². The van der Waals surface area contributed by atoms with Crippen molar-refractivity contribution >= 4 is 46.3 Å². The number of benzene rings is 2. The van der Waals surface area contributed by atoms with Crippen LogP contribution in [-0.2, 0) is 4.79 Å². The summed E-state index contributed by atoms with van der Waals surface area (Å²) in [6, 6.07) is 13.3. The van der Waals surface area contributed by atoms with Crippen molar-refractivity contribution < 1.29 is 9.18 Å². The van der Waals surface area contributed by atoms with E-state index in [-0.39, 0.29) is 10.9 Å². The normalized spacial score (nSPS) is 10.4. The van der Waals surface area contributed by atoms with Gasteiger partial charge in [0, 0.05) is 35.7 Å². The maximum Gasteiger partial charge on any atom is 0.229 e. The Morgan fingerprint density at radius 1 is 1.00 bits per heavy atom. The zero-order chi connectivity index (χ0) is 19.4. The molecule has 1 aromatic heterocycles. The molecular weight excluding hydrogens is 369 g/mol. The van der Waals surface area contributed by atoms with Crippen molar-refractivity contribution in [1.29, 1.82) is 0 Å². The van der Waals surface area contributed by atoms with E-state index in [1.54, 1.807) is 24.3 Å². The first-order valence-corrected chi connectivity index (χ1v) is 8.49. The molecule has 0 fully saturated rings. The summed E-state index contributed by atoms with van der Waals surface area (Å²) in [4.78, 5) is 20.0. The van der Waals surface area contributed by atoms with Gasteiger partial charge in [0.1, 0.15) is 11.6 Å². The second-order valence-electron chi connectivity index (χ2n) is 5.86. The molecule has 2 aromatic carbocycles. The van der Waals surface area contributed by atoms with Crippen LogP contribution in [0.1, 0.15) is 12.6 Å². The number of nitrogens with one attached hydrogen (secondary N) is 3. The molecule has 0 atom stereocenters. The Morgan fingerprint density at radius 3 is 2.48 bits per heavy atom. The third-order valence-corrected chi connectivity index (χ3v) is 3.77. The Labute approximate surface area is 160 Å². The summed E-state index contributed by atoms with van der Waals surface area (Å²) in [5.74, 6) is 0.280. The number of hydrogen-bond donors (Lipinski definition) is 3. The van der Waals surface area contributed by atoms with Gasteiger partial charge in [0.15, 0.2) is 0 Å². The number of carbonyl (C=O) groups excluding carboxylic acids is 1. The third-order valence-electron chi connectivity index (χ3n) is 3.49. The summed E-state index contributed by atoms with van der Waals surface area (Å²) >= 11 is 5.81. The highest BCUT2D eigenvalue weighted by molar-refractivity contribution is 6.31. The summed E-state index contributed by atoms with van der Waals surface area (Å²) in [7, 11) is 0. The lowest BCUT2D eigenvalue weighted by atomic mass is 10.2. The second-order valence-corrected chi connectivity index (χ2v) is 6.27. The fraction of sp³-hybridized carbons (Fsp3) is 0.105. The molecule has 3 rings (SSSR count). The number of nitrogens with zero attached hydrogens (tertiary/aromatic N) is 2. The molecular formula is C19H17ClFN5O. The number of carbonyl (C=O) groups is 1. The predicted octanol–water partition coefficient (Wildman–Crippen LogP) is 5.02. The Hall–Kier alpha value is -3.19. The fourth-order valence-electron chi connectivity index (χ4n) is 2.42. The van der Waals surface area contributed by atoms with Gasteiger partial charge in [-0.15, -0.1) is 0 Å². The topological polar surface area (TPSA) is 78.9 Å². The fourth-order valence-corrected chi connectivity index (χ4v) is 2.60. The van der Waals surface area contributed by atoms with Crippen LogP contribution in [0, 0.1) is 12.7 Å². The molecule has 1 amide bonds. The number of aromatic nitrogens is 2. The van der Waals surface area contributed by atoms with Crippen molar-refractivity contribution in [3.05, 3.63) is 65.1 Å². The molecule has 3 aromatic rings. The molecule has 0 aliphatic heterocycles. The molecule has 138 valence electrons. The van der Waals surface area contributed by atoms with Crippen molar-refractivity contribution in [2.24, 2.45) is 0 Å². The maximum atomic E-state index is 13.3. The molecule has 0 saturated heterocycles. The second kappa shape index (κ2) is 8.01. The van der Waals surface area contributed by atoms with E-state index in [4.69, 9.17) is 11.6 Å². The van der Waals surface area contributed by atoms with Crippen molar-refractivity contribution in [2.45, 2.75) is 13.8 Å². The van der Waals surface area contributed by atoms with Crippen LogP contribution in [0.15, 0.2) is 48.5 Å². The van der Waals surface area contributed by atoms with E-state index in [1.807, 2.05) is 19.1 Å². The van der Waals surface area contributed by atoms with E-state index in [0.717, 1.165) is 11.4 Å². The van der Waals surface area contributed by atoms with Crippen LogP contribution in [0.2, 0.25) is 5.02 Å². The number of anilines is 5. The molecule has 8 heteroatoms. The molecule has 0 unspecified atom stereocenters. The predicted molar refractivity (Wildman–Crippen MR) is 105 cm³/mol. The molecule has 6 nitrogen and oxygen atoms in total. The van der Waals surface area contributed by atoms with Crippen LogP contribution >= 0.6 is 11.6 Å². The van der Waals surface area contributed by atoms with Crippen molar-refractivity contribution in [3.8, 4) is 0 Å². The number of amides is 1. The lowest BCUT2D eigenvalue weighted by molar-refractivity contribution is -0.114. The van der Waals surface area contributed by atoms with Gasteiger partial charge in [0.2, 0.25) is 11.9 Å². The van der Waals surface area contributed by atoms with Crippen LogP contribution < -0.4 is 16.0 Å². The lowest BCUT2D eigenvalue weighted by Crippen LogP contribution is -2.06. The highest BCUT2D eigenvalue weighted by atomic mass is 35.5. The van der Waals surface area contributed by atoms with Gasteiger partial charge in [-0.1, -0.05) is 17.7 Å². The van der Waals surface area contributed by atoms with E-state index in [2.05, 4.69) is 25.9 Å².